The van der Waals surface area contributed by atoms with E-state index >= 15 is 0 Å². The Bertz CT molecular complexity index is 1540. The molecule has 0 aliphatic carbocycles. The number of amides is 1. The second-order valence-electron chi connectivity index (χ2n) is 7.40. The number of halogens is 2. The van der Waals surface area contributed by atoms with Crippen molar-refractivity contribution in [3.63, 3.8) is 0 Å². The van der Waals surface area contributed by atoms with E-state index in [0.717, 1.165) is 11.3 Å². The lowest BCUT2D eigenvalue weighted by Gasteiger charge is -2.12. The number of carbonyl (C=O) groups excluding carboxylic acids is 1. The van der Waals surface area contributed by atoms with E-state index in [-0.39, 0.29) is 16.5 Å². The van der Waals surface area contributed by atoms with Crippen LogP contribution < -0.4 is 11.1 Å². The van der Waals surface area contributed by atoms with Crippen molar-refractivity contribution in [3.8, 4) is 28.2 Å². The molecule has 0 saturated carbocycles. The summed E-state index contributed by atoms with van der Waals surface area (Å²) >= 11 is 5.89. The quantitative estimate of drug-likeness (QED) is 0.364. The molecule has 4 aromatic heterocycles. The second kappa shape index (κ2) is 9.27. The van der Waals surface area contributed by atoms with Crippen LogP contribution in [0.4, 0.5) is 16.0 Å². The van der Waals surface area contributed by atoms with E-state index in [1.54, 1.807) is 41.7 Å². The number of aromatic nitrogens is 6. The molecule has 0 aliphatic rings. The normalized spacial score (nSPS) is 10.8. The van der Waals surface area contributed by atoms with Gasteiger partial charge in [0.2, 0.25) is 11.9 Å². The molecule has 0 saturated heterocycles. The number of rotatable bonds is 6. The van der Waals surface area contributed by atoms with Gasteiger partial charge in [-0.05, 0) is 36.4 Å². The van der Waals surface area contributed by atoms with Crippen LogP contribution in [-0.4, -0.2) is 35.6 Å². The van der Waals surface area contributed by atoms with E-state index in [1.807, 2.05) is 18.2 Å². The van der Waals surface area contributed by atoms with Crippen molar-refractivity contribution in [2.45, 2.75) is 0 Å². The fourth-order valence-electron chi connectivity index (χ4n) is 3.34. The van der Waals surface area contributed by atoms with Crippen molar-refractivity contribution in [2.24, 2.45) is 5.73 Å². The molecule has 1 amide bonds. The van der Waals surface area contributed by atoms with E-state index in [0.29, 0.717) is 22.6 Å². The van der Waals surface area contributed by atoms with Crippen LogP contribution in [0, 0.1) is 5.82 Å². The van der Waals surface area contributed by atoms with Crippen LogP contribution in [0.2, 0.25) is 5.02 Å². The zero-order valence-electron chi connectivity index (χ0n) is 17.9. The number of hydrogen-bond donors (Lipinski definition) is 2. The SMILES string of the molecule is NC(=O)c1cncc(-c2cnc(Nc3ccc(F)c(Cl)c3)nc2-n2cc(-c3ccccn3)cn2)c1. The first kappa shape index (κ1) is 22.1. The van der Waals surface area contributed by atoms with Gasteiger partial charge < -0.3 is 11.1 Å². The Morgan fingerprint density at radius 1 is 1.03 bits per heavy atom. The first-order chi connectivity index (χ1) is 17.0. The minimum atomic E-state index is -0.607. The summed E-state index contributed by atoms with van der Waals surface area (Å²) in [6.07, 6.45) is 9.66. The summed E-state index contributed by atoms with van der Waals surface area (Å²) in [6.45, 7) is 0. The van der Waals surface area contributed by atoms with E-state index in [4.69, 9.17) is 17.3 Å². The maximum Gasteiger partial charge on any atom is 0.250 e. The standard InChI is InChI=1S/C24H16ClFN8O/c25-19-8-17(4-5-20(19)26)32-24-30-12-18(14-7-15(22(27)35)10-28-9-14)23(33-24)34-13-16(11-31-34)21-3-1-2-6-29-21/h1-13H,(H2,27,35)(H,30,32,33). The van der Waals surface area contributed by atoms with Gasteiger partial charge in [-0.15, -0.1) is 0 Å². The van der Waals surface area contributed by atoms with Crippen molar-refractivity contribution in [1.82, 2.24) is 29.7 Å². The maximum absolute atomic E-state index is 13.5. The van der Waals surface area contributed by atoms with Crippen molar-refractivity contribution in [3.05, 3.63) is 96.0 Å². The number of carbonyl (C=O) groups is 1. The largest absolute Gasteiger partial charge is 0.366 e. The monoisotopic (exact) mass is 486 g/mol. The van der Waals surface area contributed by atoms with Gasteiger partial charge in [-0.3, -0.25) is 14.8 Å². The average Bonchev–Trinajstić information content (AvgIpc) is 3.37. The first-order valence-corrected chi connectivity index (χ1v) is 10.7. The van der Waals surface area contributed by atoms with Crippen molar-refractivity contribution >= 4 is 29.1 Å². The third kappa shape index (κ3) is 4.68. The predicted molar refractivity (Wildman–Crippen MR) is 129 cm³/mol. The van der Waals surface area contributed by atoms with Crippen LogP contribution in [0.3, 0.4) is 0 Å². The molecular formula is C24H16ClFN8O. The van der Waals surface area contributed by atoms with Crippen LogP contribution in [0.5, 0.6) is 0 Å². The molecule has 1 aromatic carbocycles. The molecule has 0 bridgehead atoms. The molecule has 5 rings (SSSR count). The van der Waals surface area contributed by atoms with E-state index in [1.165, 1.54) is 24.4 Å². The van der Waals surface area contributed by atoms with Crippen LogP contribution in [0.25, 0.3) is 28.2 Å². The van der Waals surface area contributed by atoms with Crippen molar-refractivity contribution < 1.29 is 9.18 Å². The highest BCUT2D eigenvalue weighted by atomic mass is 35.5. The first-order valence-electron chi connectivity index (χ1n) is 10.3. The van der Waals surface area contributed by atoms with E-state index in [9.17, 15) is 9.18 Å². The highest BCUT2D eigenvalue weighted by Crippen LogP contribution is 2.28. The lowest BCUT2D eigenvalue weighted by Crippen LogP contribution is -2.11. The molecule has 0 radical (unpaired) electrons. The van der Waals surface area contributed by atoms with Gasteiger partial charge in [0.1, 0.15) is 5.82 Å². The number of nitrogens with one attached hydrogen (secondary N) is 1. The number of primary amides is 1. The molecule has 0 spiro atoms. The van der Waals surface area contributed by atoms with Crippen molar-refractivity contribution in [2.75, 3.05) is 5.32 Å². The Balaban J connectivity index is 1.60. The van der Waals surface area contributed by atoms with Gasteiger partial charge in [0, 0.05) is 53.4 Å². The highest BCUT2D eigenvalue weighted by molar-refractivity contribution is 6.31. The lowest BCUT2D eigenvalue weighted by molar-refractivity contribution is 0.1000. The minimum Gasteiger partial charge on any atom is -0.366 e. The smallest absolute Gasteiger partial charge is 0.250 e. The molecule has 5 aromatic rings. The molecule has 3 N–H and O–H groups in total. The van der Waals surface area contributed by atoms with Gasteiger partial charge in [-0.25, -0.2) is 14.1 Å². The summed E-state index contributed by atoms with van der Waals surface area (Å²) in [5.41, 5.74) is 8.82. The van der Waals surface area contributed by atoms with Gasteiger partial charge in [0.25, 0.3) is 0 Å². The topological polar surface area (TPSA) is 124 Å². The Morgan fingerprint density at radius 3 is 2.69 bits per heavy atom. The van der Waals surface area contributed by atoms with Gasteiger partial charge in [-0.2, -0.15) is 10.1 Å². The minimum absolute atomic E-state index is 0.0340. The Morgan fingerprint density at radius 2 is 1.91 bits per heavy atom. The van der Waals surface area contributed by atoms with Crippen molar-refractivity contribution in [1.29, 1.82) is 0 Å². The zero-order chi connectivity index (χ0) is 24.4. The average molecular weight is 487 g/mol. The third-order valence-electron chi connectivity index (χ3n) is 5.04. The third-order valence-corrected chi connectivity index (χ3v) is 5.33. The van der Waals surface area contributed by atoms with Crippen LogP contribution in [0.15, 0.2) is 79.6 Å². The molecule has 35 heavy (non-hydrogen) atoms. The number of benzene rings is 1. The summed E-state index contributed by atoms with van der Waals surface area (Å²) in [7, 11) is 0. The van der Waals surface area contributed by atoms with Gasteiger partial charge >= 0.3 is 0 Å². The van der Waals surface area contributed by atoms with Crippen LogP contribution in [0.1, 0.15) is 10.4 Å². The molecule has 0 unspecified atom stereocenters. The highest BCUT2D eigenvalue weighted by Gasteiger charge is 2.16. The molecule has 0 aliphatic heterocycles. The van der Waals surface area contributed by atoms with Crippen LogP contribution >= 0.6 is 11.6 Å². The summed E-state index contributed by atoms with van der Waals surface area (Å²) in [5.74, 6) is -0.513. The molecule has 4 heterocycles. The van der Waals surface area contributed by atoms with E-state index in [2.05, 4.69) is 30.4 Å². The molecule has 9 nitrogen and oxygen atoms in total. The number of anilines is 2. The lowest BCUT2D eigenvalue weighted by atomic mass is 10.1. The van der Waals surface area contributed by atoms with Gasteiger partial charge in [0.15, 0.2) is 5.82 Å². The van der Waals surface area contributed by atoms with Crippen LogP contribution in [-0.2, 0) is 0 Å². The molecular weight excluding hydrogens is 471 g/mol. The number of nitrogens with zero attached hydrogens (tertiary/aromatic N) is 6. The fraction of sp³-hybridized carbons (Fsp3) is 0. The predicted octanol–water partition coefficient (Wildman–Crippen LogP) is 4.42. The fourth-order valence-corrected chi connectivity index (χ4v) is 3.52. The zero-order valence-corrected chi connectivity index (χ0v) is 18.7. The van der Waals surface area contributed by atoms with Gasteiger partial charge in [0.05, 0.1) is 22.5 Å². The van der Waals surface area contributed by atoms with E-state index < -0.39 is 11.7 Å². The summed E-state index contributed by atoms with van der Waals surface area (Å²) in [6, 6.07) is 11.4. The van der Waals surface area contributed by atoms with Gasteiger partial charge in [-0.1, -0.05) is 17.7 Å². The summed E-state index contributed by atoms with van der Waals surface area (Å²) in [5, 5.41) is 7.43. The Kier molecular flexibility index (Phi) is 5.86. The summed E-state index contributed by atoms with van der Waals surface area (Å²) in [4.78, 5) is 29.2. The summed E-state index contributed by atoms with van der Waals surface area (Å²) < 4.78 is 15.1. The molecule has 11 heteroatoms. The Hall–Kier alpha value is -4.70. The molecule has 0 fully saturated rings. The molecule has 0 atom stereocenters. The number of hydrogen-bond acceptors (Lipinski definition) is 7. The maximum atomic E-state index is 13.5. The number of pyridine rings is 2. The number of nitrogens with two attached hydrogens (primary N) is 1. The second-order valence-corrected chi connectivity index (χ2v) is 7.81. The Labute approximate surface area is 203 Å². The molecule has 172 valence electrons.